The van der Waals surface area contributed by atoms with Gasteiger partial charge in [0.25, 0.3) is 0 Å². The van der Waals surface area contributed by atoms with Crippen molar-refractivity contribution in [3.8, 4) is 5.75 Å². The van der Waals surface area contributed by atoms with Crippen LogP contribution >= 0.6 is 11.8 Å². The lowest BCUT2D eigenvalue weighted by atomic mass is 9.84. The topological polar surface area (TPSA) is 90.6 Å². The summed E-state index contributed by atoms with van der Waals surface area (Å²) in [5.41, 5.74) is 8.74. The number of methoxy groups -OCH3 is 1. The third kappa shape index (κ3) is 7.85. The van der Waals surface area contributed by atoms with Gasteiger partial charge in [0.1, 0.15) is 17.4 Å². The number of hydrogen-bond acceptors (Lipinski definition) is 6. The predicted molar refractivity (Wildman–Crippen MR) is 154 cm³/mol. The second-order valence-corrected chi connectivity index (χ2v) is 11.3. The van der Waals surface area contributed by atoms with Crippen LogP contribution in [0.25, 0.3) is 0 Å². The van der Waals surface area contributed by atoms with E-state index in [1.165, 1.54) is 0 Å². The van der Waals surface area contributed by atoms with E-state index in [1.807, 2.05) is 48.5 Å². The van der Waals surface area contributed by atoms with Gasteiger partial charge < -0.3 is 20.5 Å². The first-order valence-electron chi connectivity index (χ1n) is 12.8. The molecule has 0 heterocycles. The highest BCUT2D eigenvalue weighted by molar-refractivity contribution is 8.00. The van der Waals surface area contributed by atoms with E-state index in [2.05, 4.69) is 41.7 Å². The third-order valence-corrected chi connectivity index (χ3v) is 7.54. The fourth-order valence-corrected chi connectivity index (χ4v) is 5.60. The van der Waals surface area contributed by atoms with Gasteiger partial charge in [0.2, 0.25) is 5.91 Å². The molecule has 0 bridgehead atoms. The van der Waals surface area contributed by atoms with Crippen molar-refractivity contribution < 1.29 is 19.1 Å². The van der Waals surface area contributed by atoms with E-state index in [4.69, 9.17) is 15.2 Å². The van der Waals surface area contributed by atoms with Crippen LogP contribution in [-0.4, -0.2) is 42.9 Å². The Morgan fingerprint density at radius 2 is 1.39 bits per heavy atom. The summed E-state index contributed by atoms with van der Waals surface area (Å²) in [6, 6.07) is 28.1. The summed E-state index contributed by atoms with van der Waals surface area (Å²) >= 11 is 1.77. The zero-order valence-corrected chi connectivity index (χ0v) is 23.4. The zero-order valence-electron chi connectivity index (χ0n) is 22.6. The number of carbonyl (C=O) groups excluding carboxylic acids is 2. The molecule has 0 aliphatic rings. The van der Waals surface area contributed by atoms with Crippen molar-refractivity contribution in [2.45, 2.75) is 50.0 Å². The summed E-state index contributed by atoms with van der Waals surface area (Å²) in [6.45, 7) is 5.85. The molecule has 7 heteroatoms. The molecule has 3 aromatic rings. The van der Waals surface area contributed by atoms with Crippen molar-refractivity contribution in [1.82, 2.24) is 5.32 Å². The summed E-state index contributed by atoms with van der Waals surface area (Å²) < 4.78 is 10.2. The first-order valence-corrected chi connectivity index (χ1v) is 13.8. The van der Waals surface area contributed by atoms with Crippen molar-refractivity contribution in [1.29, 1.82) is 0 Å². The van der Waals surface area contributed by atoms with E-state index in [1.54, 1.807) is 39.6 Å². The largest absolute Gasteiger partial charge is 0.497 e. The zero-order chi connectivity index (χ0) is 27.6. The normalized spacial score (nSPS) is 12.4. The Morgan fingerprint density at radius 1 is 0.868 bits per heavy atom. The number of ether oxygens (including phenoxy) is 2. The predicted octanol–water partition coefficient (Wildman–Crippen LogP) is 5.29. The van der Waals surface area contributed by atoms with Crippen molar-refractivity contribution in [3.05, 3.63) is 102 Å². The number of rotatable bonds is 12. The van der Waals surface area contributed by atoms with Crippen molar-refractivity contribution in [2.24, 2.45) is 5.73 Å². The quantitative estimate of drug-likeness (QED) is 0.187. The van der Waals surface area contributed by atoms with Gasteiger partial charge in [-0.3, -0.25) is 9.59 Å². The summed E-state index contributed by atoms with van der Waals surface area (Å²) in [4.78, 5) is 24.6. The molecule has 0 aliphatic carbocycles. The third-order valence-electron chi connectivity index (χ3n) is 5.99. The van der Waals surface area contributed by atoms with Gasteiger partial charge in [0.05, 0.1) is 11.9 Å². The number of carbonyl (C=O) groups is 2. The van der Waals surface area contributed by atoms with E-state index < -0.39 is 22.4 Å². The molecule has 0 saturated carbocycles. The number of amides is 1. The fourth-order valence-electron chi connectivity index (χ4n) is 4.19. The number of esters is 1. The molecule has 0 fully saturated rings. The first kappa shape index (κ1) is 29.3. The average Bonchev–Trinajstić information content (AvgIpc) is 2.92. The standard InChI is InChI=1S/C31H38N2O4S/c1-30(2,3)37-29(35)27(32)19-20-28(34)33-21-22-38-31(23-11-7-5-8-12-23,24-13-9-6-10-14-24)25-15-17-26(36-4)18-16-25/h5-18,27H,19-22,32H2,1-4H3,(H,33,34)/t27-/m0/s1. The number of thioether (sulfide) groups is 1. The number of nitrogens with two attached hydrogens (primary N) is 1. The van der Waals surface area contributed by atoms with E-state index >= 15 is 0 Å². The molecule has 0 unspecified atom stereocenters. The maximum Gasteiger partial charge on any atom is 0.323 e. The molecule has 3 aromatic carbocycles. The summed E-state index contributed by atoms with van der Waals surface area (Å²) in [6.07, 6.45) is 0.393. The van der Waals surface area contributed by atoms with Gasteiger partial charge in [0, 0.05) is 18.7 Å². The van der Waals surface area contributed by atoms with Crippen LogP contribution in [0.15, 0.2) is 84.9 Å². The Balaban J connectivity index is 1.73. The average molecular weight is 535 g/mol. The van der Waals surface area contributed by atoms with Crippen LogP contribution in [0.4, 0.5) is 0 Å². The smallest absolute Gasteiger partial charge is 0.323 e. The van der Waals surface area contributed by atoms with Crippen LogP contribution in [0.3, 0.4) is 0 Å². The maximum atomic E-state index is 12.5. The summed E-state index contributed by atoms with van der Waals surface area (Å²) in [7, 11) is 1.66. The highest BCUT2D eigenvalue weighted by Crippen LogP contribution is 2.48. The minimum atomic E-state index is -0.826. The van der Waals surface area contributed by atoms with Crippen LogP contribution in [0, 0.1) is 0 Å². The minimum Gasteiger partial charge on any atom is -0.497 e. The van der Waals surface area contributed by atoms with E-state index in [9.17, 15) is 9.59 Å². The molecule has 202 valence electrons. The van der Waals surface area contributed by atoms with Gasteiger partial charge in [-0.1, -0.05) is 72.8 Å². The Bertz CT molecular complexity index is 1120. The highest BCUT2D eigenvalue weighted by Gasteiger charge is 2.36. The van der Waals surface area contributed by atoms with Gasteiger partial charge >= 0.3 is 5.97 Å². The Hall–Kier alpha value is -3.29. The molecule has 0 radical (unpaired) electrons. The molecule has 1 atom stereocenters. The summed E-state index contributed by atoms with van der Waals surface area (Å²) in [5, 5.41) is 2.98. The van der Waals surface area contributed by atoms with Gasteiger partial charge in [-0.15, -0.1) is 11.8 Å². The van der Waals surface area contributed by atoms with Gasteiger partial charge in [-0.25, -0.2) is 0 Å². The molecular weight excluding hydrogens is 496 g/mol. The molecule has 6 nitrogen and oxygen atoms in total. The first-order chi connectivity index (χ1) is 18.2. The molecule has 1 amide bonds. The van der Waals surface area contributed by atoms with Crippen LogP contribution < -0.4 is 15.8 Å². The van der Waals surface area contributed by atoms with E-state index in [0.717, 1.165) is 22.4 Å². The summed E-state index contributed by atoms with van der Waals surface area (Å²) in [5.74, 6) is 0.834. The fraction of sp³-hybridized carbons (Fsp3) is 0.355. The monoisotopic (exact) mass is 534 g/mol. The molecule has 0 saturated heterocycles. The van der Waals surface area contributed by atoms with Gasteiger partial charge in [-0.2, -0.15) is 0 Å². The lowest BCUT2D eigenvalue weighted by Crippen LogP contribution is -2.38. The number of hydrogen-bond donors (Lipinski definition) is 2. The van der Waals surface area contributed by atoms with E-state index in [0.29, 0.717) is 12.3 Å². The lowest BCUT2D eigenvalue weighted by Gasteiger charge is -2.35. The van der Waals surface area contributed by atoms with E-state index in [-0.39, 0.29) is 18.7 Å². The highest BCUT2D eigenvalue weighted by atomic mass is 32.2. The van der Waals surface area contributed by atoms with Crippen LogP contribution in [0.5, 0.6) is 5.75 Å². The minimum absolute atomic E-state index is 0.140. The van der Waals surface area contributed by atoms with Crippen molar-refractivity contribution in [2.75, 3.05) is 19.4 Å². The molecule has 3 rings (SSSR count). The molecule has 3 N–H and O–H groups in total. The number of nitrogens with one attached hydrogen (secondary N) is 1. The molecule has 0 aliphatic heterocycles. The molecule has 0 aromatic heterocycles. The van der Waals surface area contributed by atoms with Crippen molar-refractivity contribution in [3.63, 3.8) is 0 Å². The molecular formula is C31H38N2O4S. The molecule has 0 spiro atoms. The SMILES string of the molecule is COc1ccc(C(SCCNC(=O)CC[C@H](N)C(=O)OC(C)(C)C)(c2ccccc2)c2ccccc2)cc1. The molecule has 38 heavy (non-hydrogen) atoms. The Labute approximate surface area is 230 Å². The van der Waals surface area contributed by atoms with Crippen LogP contribution in [0.2, 0.25) is 0 Å². The Morgan fingerprint density at radius 3 is 1.89 bits per heavy atom. The number of benzene rings is 3. The Kier molecular flexibility index (Phi) is 10.4. The van der Waals surface area contributed by atoms with Crippen molar-refractivity contribution >= 4 is 23.6 Å². The second-order valence-electron chi connectivity index (χ2n) is 10.0. The van der Waals surface area contributed by atoms with Crippen LogP contribution in [-0.2, 0) is 19.1 Å². The maximum absolute atomic E-state index is 12.5. The van der Waals surface area contributed by atoms with Crippen LogP contribution in [0.1, 0.15) is 50.3 Å². The van der Waals surface area contributed by atoms with Gasteiger partial charge in [0.15, 0.2) is 0 Å². The lowest BCUT2D eigenvalue weighted by molar-refractivity contribution is -0.156. The second kappa shape index (κ2) is 13.5. The van der Waals surface area contributed by atoms with Gasteiger partial charge in [-0.05, 0) is 56.0 Å².